The molecular weight excluding hydrogens is 312 g/mol. The first kappa shape index (κ1) is 13.0. The van der Waals surface area contributed by atoms with Crippen molar-refractivity contribution in [2.75, 3.05) is 0 Å². The number of aromatic nitrogens is 2. The van der Waals surface area contributed by atoms with Crippen LogP contribution in [-0.2, 0) is 6.42 Å². The Hall–Kier alpha value is -2.05. The SMILES string of the molecule is Brc1cccc2[nH]c(CCC#Cc3ccccn3)cc12. The molecule has 0 spiro atoms. The van der Waals surface area contributed by atoms with Crippen LogP contribution in [0.15, 0.2) is 53.1 Å². The Bertz CT molecular complexity index is 779. The highest BCUT2D eigenvalue weighted by atomic mass is 79.9. The van der Waals surface area contributed by atoms with Gasteiger partial charge in [-0.15, -0.1) is 0 Å². The molecule has 0 amide bonds. The van der Waals surface area contributed by atoms with Gasteiger partial charge in [-0.3, -0.25) is 0 Å². The number of aryl methyl sites for hydroxylation is 1. The van der Waals surface area contributed by atoms with E-state index >= 15 is 0 Å². The highest BCUT2D eigenvalue weighted by Crippen LogP contribution is 2.24. The fourth-order valence-electron chi connectivity index (χ4n) is 2.10. The number of hydrogen-bond acceptors (Lipinski definition) is 1. The molecule has 2 aromatic heterocycles. The summed E-state index contributed by atoms with van der Waals surface area (Å²) in [5.74, 6) is 6.24. The van der Waals surface area contributed by atoms with Crippen LogP contribution in [-0.4, -0.2) is 9.97 Å². The Morgan fingerprint density at radius 3 is 2.90 bits per heavy atom. The molecule has 0 radical (unpaired) electrons. The number of rotatable bonds is 2. The van der Waals surface area contributed by atoms with Crippen LogP contribution < -0.4 is 0 Å². The van der Waals surface area contributed by atoms with Crippen molar-refractivity contribution in [3.63, 3.8) is 0 Å². The average Bonchev–Trinajstić information content (AvgIpc) is 2.89. The Morgan fingerprint density at radius 2 is 2.10 bits per heavy atom. The standard InChI is InChI=1S/C17H13BrN2/c18-16-9-5-10-17-15(16)12-14(20-17)8-2-1-6-13-7-3-4-11-19-13/h3-5,7,9-12,20H,2,8H2. The molecule has 0 unspecified atom stereocenters. The molecule has 3 heteroatoms. The monoisotopic (exact) mass is 324 g/mol. The number of fused-ring (bicyclic) bond motifs is 1. The quantitative estimate of drug-likeness (QED) is 0.699. The molecule has 1 aromatic carbocycles. The van der Waals surface area contributed by atoms with E-state index < -0.39 is 0 Å². The molecule has 20 heavy (non-hydrogen) atoms. The molecule has 0 aliphatic carbocycles. The maximum atomic E-state index is 4.18. The molecule has 0 fully saturated rings. The first-order valence-corrected chi connectivity index (χ1v) is 7.28. The highest BCUT2D eigenvalue weighted by Gasteiger charge is 2.02. The first-order valence-electron chi connectivity index (χ1n) is 6.49. The maximum absolute atomic E-state index is 4.18. The fourth-order valence-corrected chi connectivity index (χ4v) is 2.58. The molecule has 1 N–H and O–H groups in total. The van der Waals surface area contributed by atoms with Crippen molar-refractivity contribution in [2.24, 2.45) is 0 Å². The lowest BCUT2D eigenvalue weighted by Gasteiger charge is -1.91. The molecule has 0 atom stereocenters. The third-order valence-corrected chi connectivity index (χ3v) is 3.76. The second-order valence-corrected chi connectivity index (χ2v) is 5.37. The molecule has 0 bridgehead atoms. The highest BCUT2D eigenvalue weighted by molar-refractivity contribution is 9.10. The van der Waals surface area contributed by atoms with Gasteiger partial charge in [-0.1, -0.05) is 34.0 Å². The molecule has 98 valence electrons. The van der Waals surface area contributed by atoms with E-state index in [1.807, 2.05) is 24.3 Å². The summed E-state index contributed by atoms with van der Waals surface area (Å²) in [5, 5.41) is 1.22. The van der Waals surface area contributed by atoms with Gasteiger partial charge < -0.3 is 4.98 Å². The summed E-state index contributed by atoms with van der Waals surface area (Å²) in [6, 6.07) is 14.1. The molecule has 3 aromatic rings. The average molecular weight is 325 g/mol. The van der Waals surface area contributed by atoms with Crippen LogP contribution in [0.2, 0.25) is 0 Å². The summed E-state index contributed by atoms with van der Waals surface area (Å²) in [4.78, 5) is 7.60. The van der Waals surface area contributed by atoms with Crippen LogP contribution in [0.25, 0.3) is 10.9 Å². The zero-order valence-corrected chi connectivity index (χ0v) is 12.4. The minimum Gasteiger partial charge on any atom is -0.358 e. The van der Waals surface area contributed by atoms with E-state index in [0.29, 0.717) is 0 Å². The Morgan fingerprint density at radius 1 is 1.15 bits per heavy atom. The third-order valence-electron chi connectivity index (χ3n) is 3.07. The summed E-state index contributed by atoms with van der Waals surface area (Å²) in [6.45, 7) is 0. The number of halogens is 1. The molecular formula is C17H13BrN2. The van der Waals surface area contributed by atoms with Crippen LogP contribution in [0, 0.1) is 11.8 Å². The summed E-state index contributed by atoms with van der Waals surface area (Å²) < 4.78 is 1.12. The smallest absolute Gasteiger partial charge is 0.113 e. The summed E-state index contributed by atoms with van der Waals surface area (Å²) in [5.41, 5.74) is 3.20. The lowest BCUT2D eigenvalue weighted by atomic mass is 10.2. The number of aromatic amines is 1. The van der Waals surface area contributed by atoms with Crippen molar-refractivity contribution < 1.29 is 0 Å². The van der Waals surface area contributed by atoms with Crippen molar-refractivity contribution in [3.05, 3.63) is 64.5 Å². The molecule has 2 nitrogen and oxygen atoms in total. The minimum absolute atomic E-state index is 0.820. The van der Waals surface area contributed by atoms with Crippen LogP contribution >= 0.6 is 15.9 Å². The van der Waals surface area contributed by atoms with Gasteiger partial charge in [-0.2, -0.15) is 0 Å². The van der Waals surface area contributed by atoms with Crippen LogP contribution in [0.1, 0.15) is 17.8 Å². The zero-order valence-electron chi connectivity index (χ0n) is 10.9. The van der Waals surface area contributed by atoms with E-state index in [1.165, 1.54) is 11.1 Å². The lowest BCUT2D eigenvalue weighted by Crippen LogP contribution is -1.83. The molecule has 0 saturated heterocycles. The maximum Gasteiger partial charge on any atom is 0.113 e. The third kappa shape index (κ3) is 2.92. The zero-order chi connectivity index (χ0) is 13.8. The second kappa shape index (κ2) is 5.94. The van der Waals surface area contributed by atoms with E-state index in [9.17, 15) is 0 Å². The Kier molecular flexibility index (Phi) is 3.85. The fraction of sp³-hybridized carbons (Fsp3) is 0.118. The number of H-pyrrole nitrogens is 1. The summed E-state index contributed by atoms with van der Waals surface area (Å²) in [7, 11) is 0. The van der Waals surface area contributed by atoms with E-state index in [-0.39, 0.29) is 0 Å². The Labute approximate surface area is 126 Å². The van der Waals surface area contributed by atoms with Crippen molar-refractivity contribution >= 4 is 26.8 Å². The van der Waals surface area contributed by atoms with Crippen molar-refractivity contribution in [2.45, 2.75) is 12.8 Å². The topological polar surface area (TPSA) is 28.7 Å². The molecule has 0 saturated carbocycles. The Balaban J connectivity index is 1.69. The second-order valence-electron chi connectivity index (χ2n) is 4.51. The lowest BCUT2D eigenvalue weighted by molar-refractivity contribution is 0.986. The van der Waals surface area contributed by atoms with E-state index in [0.717, 1.165) is 28.5 Å². The number of nitrogens with one attached hydrogen (secondary N) is 1. The van der Waals surface area contributed by atoms with Crippen LogP contribution in [0.3, 0.4) is 0 Å². The number of pyridine rings is 1. The molecule has 0 aliphatic heterocycles. The van der Waals surface area contributed by atoms with Crippen molar-refractivity contribution in [1.29, 1.82) is 0 Å². The number of hydrogen-bond donors (Lipinski definition) is 1. The predicted octanol–water partition coefficient (Wildman–Crippen LogP) is 4.31. The van der Waals surface area contributed by atoms with Gasteiger partial charge in [0.1, 0.15) is 5.69 Å². The van der Waals surface area contributed by atoms with Gasteiger partial charge in [0.05, 0.1) is 0 Å². The molecule has 2 heterocycles. The van der Waals surface area contributed by atoms with Gasteiger partial charge in [0.25, 0.3) is 0 Å². The minimum atomic E-state index is 0.820. The van der Waals surface area contributed by atoms with Gasteiger partial charge in [-0.05, 0) is 42.7 Å². The summed E-state index contributed by atoms with van der Waals surface area (Å²) in [6.07, 6.45) is 3.50. The van der Waals surface area contributed by atoms with Crippen LogP contribution in [0.4, 0.5) is 0 Å². The van der Waals surface area contributed by atoms with Crippen molar-refractivity contribution in [3.8, 4) is 11.8 Å². The predicted molar refractivity (Wildman–Crippen MR) is 85.4 cm³/mol. The first-order chi connectivity index (χ1) is 9.83. The van der Waals surface area contributed by atoms with E-state index in [1.54, 1.807) is 6.20 Å². The van der Waals surface area contributed by atoms with E-state index in [4.69, 9.17) is 0 Å². The normalized spacial score (nSPS) is 10.2. The van der Waals surface area contributed by atoms with E-state index in [2.05, 4.69) is 55.9 Å². The summed E-state index contributed by atoms with van der Waals surface area (Å²) >= 11 is 3.57. The number of nitrogens with zero attached hydrogens (tertiary/aromatic N) is 1. The van der Waals surface area contributed by atoms with Gasteiger partial charge in [0, 0.05) is 33.7 Å². The largest absolute Gasteiger partial charge is 0.358 e. The number of benzene rings is 1. The van der Waals surface area contributed by atoms with Crippen LogP contribution in [0.5, 0.6) is 0 Å². The molecule has 3 rings (SSSR count). The van der Waals surface area contributed by atoms with Gasteiger partial charge in [0.2, 0.25) is 0 Å². The van der Waals surface area contributed by atoms with Crippen molar-refractivity contribution in [1.82, 2.24) is 9.97 Å². The van der Waals surface area contributed by atoms with Gasteiger partial charge in [0.15, 0.2) is 0 Å². The van der Waals surface area contributed by atoms with Gasteiger partial charge in [-0.25, -0.2) is 4.98 Å². The molecule has 0 aliphatic rings. The van der Waals surface area contributed by atoms with Gasteiger partial charge >= 0.3 is 0 Å².